The van der Waals surface area contributed by atoms with Gasteiger partial charge in [0.25, 0.3) is 0 Å². The summed E-state index contributed by atoms with van der Waals surface area (Å²) in [6.07, 6.45) is 3.58. The molecule has 0 fully saturated rings. The minimum atomic E-state index is -0.358. The van der Waals surface area contributed by atoms with Crippen LogP contribution in [0, 0.1) is 0 Å². The Labute approximate surface area is 195 Å². The number of Topliss-reactive ketones (excluding diaryl/α,β-unsaturated/α-hetero) is 1. The standard InChI is InChI=1S/C26H22N4O4/c1-32-16-12-10-15(11-13-16)21-22-18(31)7-5-9-20(22)34-26-23(21)25-28-24(29-30(25)14-27-26)17-6-3-4-8-19(17)33-2/h3-4,6,8,10-14,21H,5,7,9H2,1-2H3. The molecule has 4 aromatic rings. The van der Waals surface area contributed by atoms with Crippen molar-refractivity contribution in [2.45, 2.75) is 25.2 Å². The van der Waals surface area contributed by atoms with E-state index >= 15 is 0 Å². The predicted octanol–water partition coefficient (Wildman–Crippen LogP) is 4.34. The van der Waals surface area contributed by atoms with Crippen LogP contribution < -0.4 is 14.2 Å². The number of ether oxygens (including phenoxy) is 3. The third-order valence-corrected chi connectivity index (χ3v) is 6.39. The van der Waals surface area contributed by atoms with Gasteiger partial charge >= 0.3 is 0 Å². The SMILES string of the molecule is COc1ccc(C2C3=C(CCCC3=O)Oc3ncn4nc(-c5ccccc5OC)nc4c32)cc1. The second-order valence-corrected chi connectivity index (χ2v) is 8.29. The normalized spacial score (nSPS) is 17.2. The van der Waals surface area contributed by atoms with Crippen LogP contribution in [0.5, 0.6) is 17.4 Å². The molecule has 2 aromatic heterocycles. The molecular weight excluding hydrogens is 432 g/mol. The van der Waals surface area contributed by atoms with Gasteiger partial charge in [0, 0.05) is 24.3 Å². The summed E-state index contributed by atoms with van der Waals surface area (Å²) in [5, 5.41) is 4.66. The molecular formula is C26H22N4O4. The largest absolute Gasteiger partial charge is 0.497 e. The third kappa shape index (κ3) is 3.14. The van der Waals surface area contributed by atoms with Crippen molar-refractivity contribution in [2.24, 2.45) is 0 Å². The number of allylic oxidation sites excluding steroid dienone is 2. The number of carbonyl (C=O) groups is 1. The van der Waals surface area contributed by atoms with Crippen molar-refractivity contribution in [1.29, 1.82) is 0 Å². The highest BCUT2D eigenvalue weighted by Crippen LogP contribution is 2.47. The first-order valence-corrected chi connectivity index (χ1v) is 11.1. The molecule has 0 spiro atoms. The van der Waals surface area contributed by atoms with Crippen LogP contribution >= 0.6 is 0 Å². The van der Waals surface area contributed by atoms with Gasteiger partial charge in [0.05, 0.1) is 25.3 Å². The number of rotatable bonds is 4. The zero-order valence-electron chi connectivity index (χ0n) is 18.8. The summed E-state index contributed by atoms with van der Waals surface area (Å²) in [7, 11) is 3.25. The highest BCUT2D eigenvalue weighted by molar-refractivity contribution is 6.00. The lowest BCUT2D eigenvalue weighted by Gasteiger charge is -2.32. The van der Waals surface area contributed by atoms with Crippen LogP contribution in [0.25, 0.3) is 17.0 Å². The number of nitrogens with zero attached hydrogens (tertiary/aromatic N) is 4. The molecule has 0 bridgehead atoms. The Morgan fingerprint density at radius 3 is 2.65 bits per heavy atom. The number of hydrogen-bond donors (Lipinski definition) is 0. The molecule has 0 saturated carbocycles. The molecule has 170 valence electrons. The Balaban J connectivity index is 1.59. The monoisotopic (exact) mass is 454 g/mol. The molecule has 1 atom stereocenters. The van der Waals surface area contributed by atoms with Crippen LogP contribution in [0.4, 0.5) is 0 Å². The van der Waals surface area contributed by atoms with Crippen LogP contribution in [0.15, 0.2) is 66.2 Å². The van der Waals surface area contributed by atoms with Gasteiger partial charge in [-0.3, -0.25) is 4.79 Å². The highest BCUT2D eigenvalue weighted by atomic mass is 16.5. The minimum Gasteiger partial charge on any atom is -0.497 e. The molecule has 1 aliphatic heterocycles. The van der Waals surface area contributed by atoms with Crippen molar-refractivity contribution in [1.82, 2.24) is 19.6 Å². The number of fused-ring (bicyclic) bond motifs is 3. The van der Waals surface area contributed by atoms with E-state index in [0.29, 0.717) is 47.3 Å². The van der Waals surface area contributed by atoms with Gasteiger partial charge in [0.1, 0.15) is 23.6 Å². The number of aromatic nitrogens is 4. The van der Waals surface area contributed by atoms with Gasteiger partial charge in [-0.1, -0.05) is 24.3 Å². The summed E-state index contributed by atoms with van der Waals surface area (Å²) in [6, 6.07) is 15.4. The second-order valence-electron chi connectivity index (χ2n) is 8.29. The molecule has 1 aliphatic carbocycles. The molecule has 8 nitrogen and oxygen atoms in total. The van der Waals surface area contributed by atoms with E-state index in [1.54, 1.807) is 25.1 Å². The molecule has 6 rings (SSSR count). The number of benzene rings is 2. The number of ketones is 1. The average molecular weight is 454 g/mol. The molecule has 3 heterocycles. The maximum Gasteiger partial charge on any atom is 0.228 e. The second kappa shape index (κ2) is 7.98. The molecule has 34 heavy (non-hydrogen) atoms. The van der Waals surface area contributed by atoms with E-state index in [0.717, 1.165) is 28.9 Å². The topological polar surface area (TPSA) is 87.8 Å². The number of para-hydroxylation sites is 1. The summed E-state index contributed by atoms with van der Waals surface area (Å²) in [5.74, 6) is 2.83. The summed E-state index contributed by atoms with van der Waals surface area (Å²) in [4.78, 5) is 22.6. The molecule has 0 radical (unpaired) electrons. The van der Waals surface area contributed by atoms with Crippen molar-refractivity contribution < 1.29 is 19.0 Å². The fourth-order valence-electron chi connectivity index (χ4n) is 4.79. The Morgan fingerprint density at radius 2 is 1.85 bits per heavy atom. The molecule has 0 N–H and O–H groups in total. The van der Waals surface area contributed by atoms with Crippen molar-refractivity contribution >= 4 is 11.4 Å². The quantitative estimate of drug-likeness (QED) is 0.453. The van der Waals surface area contributed by atoms with Crippen LogP contribution in [-0.2, 0) is 4.79 Å². The van der Waals surface area contributed by atoms with Gasteiger partial charge < -0.3 is 14.2 Å². The van der Waals surface area contributed by atoms with Crippen molar-refractivity contribution in [3.63, 3.8) is 0 Å². The lowest BCUT2D eigenvalue weighted by atomic mass is 9.78. The van der Waals surface area contributed by atoms with E-state index in [1.807, 2.05) is 48.5 Å². The van der Waals surface area contributed by atoms with E-state index < -0.39 is 0 Å². The number of hydrogen-bond acceptors (Lipinski definition) is 7. The molecule has 2 aromatic carbocycles. The smallest absolute Gasteiger partial charge is 0.228 e. The van der Waals surface area contributed by atoms with Crippen LogP contribution in [0.3, 0.4) is 0 Å². The van der Waals surface area contributed by atoms with Crippen molar-refractivity contribution in [2.75, 3.05) is 14.2 Å². The Morgan fingerprint density at radius 1 is 1.03 bits per heavy atom. The first-order chi connectivity index (χ1) is 16.7. The Kier molecular flexibility index (Phi) is 4.79. The Bertz CT molecular complexity index is 1460. The lowest BCUT2D eigenvalue weighted by molar-refractivity contribution is -0.116. The van der Waals surface area contributed by atoms with Crippen molar-refractivity contribution in [3.8, 4) is 28.8 Å². The molecule has 0 amide bonds. The summed E-state index contributed by atoms with van der Waals surface area (Å²) in [6.45, 7) is 0. The Hall–Kier alpha value is -4.20. The zero-order chi connectivity index (χ0) is 23.2. The van der Waals surface area contributed by atoms with E-state index in [9.17, 15) is 4.79 Å². The van der Waals surface area contributed by atoms with Crippen LogP contribution in [0.2, 0.25) is 0 Å². The lowest BCUT2D eigenvalue weighted by Crippen LogP contribution is -2.26. The van der Waals surface area contributed by atoms with E-state index in [2.05, 4.69) is 10.1 Å². The van der Waals surface area contributed by atoms with Crippen LogP contribution in [0.1, 0.15) is 36.3 Å². The summed E-state index contributed by atoms with van der Waals surface area (Å²) in [5.41, 5.74) is 3.73. The number of methoxy groups -OCH3 is 2. The molecule has 1 unspecified atom stereocenters. The van der Waals surface area contributed by atoms with Gasteiger partial charge in [-0.05, 0) is 36.2 Å². The van der Waals surface area contributed by atoms with Gasteiger partial charge in [0.2, 0.25) is 5.88 Å². The highest BCUT2D eigenvalue weighted by Gasteiger charge is 2.39. The maximum atomic E-state index is 13.1. The summed E-state index contributed by atoms with van der Waals surface area (Å²) >= 11 is 0. The molecule has 8 heteroatoms. The first-order valence-electron chi connectivity index (χ1n) is 11.1. The fraction of sp³-hybridized carbons (Fsp3) is 0.231. The minimum absolute atomic E-state index is 0.0965. The van der Waals surface area contributed by atoms with E-state index in [4.69, 9.17) is 19.2 Å². The van der Waals surface area contributed by atoms with E-state index in [-0.39, 0.29) is 11.7 Å². The average Bonchev–Trinajstić information content (AvgIpc) is 3.32. The van der Waals surface area contributed by atoms with E-state index in [1.165, 1.54) is 0 Å². The predicted molar refractivity (Wildman–Crippen MR) is 124 cm³/mol. The van der Waals surface area contributed by atoms with Gasteiger partial charge in [-0.15, -0.1) is 5.10 Å². The first kappa shape index (κ1) is 20.4. The third-order valence-electron chi connectivity index (χ3n) is 6.39. The van der Waals surface area contributed by atoms with Crippen molar-refractivity contribution in [3.05, 3.63) is 77.3 Å². The van der Waals surface area contributed by atoms with Gasteiger partial charge in [0.15, 0.2) is 17.3 Å². The number of carbonyl (C=O) groups excluding carboxylic acids is 1. The molecule has 0 saturated heterocycles. The van der Waals surface area contributed by atoms with Crippen LogP contribution in [-0.4, -0.2) is 39.6 Å². The fourth-order valence-corrected chi connectivity index (χ4v) is 4.79. The molecule has 2 aliphatic rings. The maximum absolute atomic E-state index is 13.1. The summed E-state index contributed by atoms with van der Waals surface area (Å²) < 4.78 is 18.7. The zero-order valence-corrected chi connectivity index (χ0v) is 18.8. The van der Waals surface area contributed by atoms with Gasteiger partial charge in [-0.25, -0.2) is 14.5 Å². The van der Waals surface area contributed by atoms with Gasteiger partial charge in [-0.2, -0.15) is 0 Å².